The third-order valence-corrected chi connectivity index (χ3v) is 6.14. The van der Waals surface area contributed by atoms with Crippen LogP contribution in [-0.2, 0) is 4.79 Å². The van der Waals surface area contributed by atoms with Gasteiger partial charge in [-0.2, -0.15) is 5.10 Å². The number of rotatable bonds is 4. The van der Waals surface area contributed by atoms with E-state index in [-0.39, 0.29) is 18.5 Å². The van der Waals surface area contributed by atoms with Crippen molar-refractivity contribution in [3.05, 3.63) is 87.9 Å². The molecule has 0 saturated carbocycles. The second kappa shape index (κ2) is 6.93. The largest absolute Gasteiger partial charge is 0.301 e. The number of Topliss-reactive ketones (excluding diaryl/α,β-unsaturated/α-hetero) is 1. The van der Waals surface area contributed by atoms with Gasteiger partial charge in [0.15, 0.2) is 0 Å². The number of fused-ring (bicyclic) bond motifs is 1. The summed E-state index contributed by atoms with van der Waals surface area (Å²) >= 11 is 1.60. The summed E-state index contributed by atoms with van der Waals surface area (Å²) in [6.07, 6.45) is 0.643. The molecule has 29 heavy (non-hydrogen) atoms. The van der Waals surface area contributed by atoms with Gasteiger partial charge in [0.05, 0.1) is 27.9 Å². The molecular formula is C22H16FN3O2S. The maximum atomic E-state index is 13.4. The number of benzene rings is 2. The summed E-state index contributed by atoms with van der Waals surface area (Å²) in [6, 6.07) is 17.1. The van der Waals surface area contributed by atoms with Gasteiger partial charge in [-0.3, -0.25) is 19.5 Å². The van der Waals surface area contributed by atoms with Crippen molar-refractivity contribution < 1.29 is 14.0 Å². The lowest BCUT2D eigenvalue weighted by Gasteiger charge is -2.28. The number of hydrazone groups is 1. The van der Waals surface area contributed by atoms with Gasteiger partial charge in [0.25, 0.3) is 5.78 Å². The first-order chi connectivity index (χ1) is 14.1. The Kier molecular flexibility index (Phi) is 4.24. The van der Waals surface area contributed by atoms with Crippen LogP contribution in [0.25, 0.3) is 0 Å². The van der Waals surface area contributed by atoms with Crippen molar-refractivity contribution in [2.75, 3.05) is 11.6 Å². The number of carbonyl (C=O) groups is 2. The van der Waals surface area contributed by atoms with Gasteiger partial charge in [-0.25, -0.2) is 4.39 Å². The summed E-state index contributed by atoms with van der Waals surface area (Å²) in [4.78, 5) is 27.5. The van der Waals surface area contributed by atoms with Gasteiger partial charge in [-0.15, -0.1) is 11.3 Å². The molecule has 1 atom stereocenters. The quantitative estimate of drug-likeness (QED) is 0.611. The molecule has 0 fully saturated rings. The van der Waals surface area contributed by atoms with Crippen LogP contribution in [0.1, 0.15) is 33.3 Å². The van der Waals surface area contributed by atoms with E-state index < -0.39 is 11.7 Å². The van der Waals surface area contributed by atoms with Crippen LogP contribution in [-0.4, -0.2) is 29.1 Å². The van der Waals surface area contributed by atoms with Crippen LogP contribution in [0, 0.1) is 5.82 Å². The molecule has 3 heterocycles. The molecule has 0 aliphatic carbocycles. The van der Waals surface area contributed by atoms with Crippen molar-refractivity contribution in [3.63, 3.8) is 0 Å². The standard InChI is InChI=1S/C22H16FN3O2S/c23-15-9-7-14(8-10-15)19-12-17(20-6-3-11-29-20)24-26(19)13-25-18-5-2-1-4-16(18)21(27)22(25)28/h1-11,19H,12-13H2/t19-/m0/s1. The summed E-state index contributed by atoms with van der Waals surface area (Å²) in [6.45, 7) is 0.151. The first kappa shape index (κ1) is 17.8. The maximum Gasteiger partial charge on any atom is 0.301 e. The van der Waals surface area contributed by atoms with Crippen LogP contribution in [0.4, 0.5) is 10.1 Å². The van der Waals surface area contributed by atoms with Crippen LogP contribution in [0.2, 0.25) is 0 Å². The number of hydrogen-bond donors (Lipinski definition) is 0. The molecule has 0 radical (unpaired) electrons. The fourth-order valence-corrected chi connectivity index (χ4v) is 4.51. The molecule has 5 rings (SSSR count). The van der Waals surface area contributed by atoms with E-state index in [0.29, 0.717) is 17.7 Å². The summed E-state index contributed by atoms with van der Waals surface area (Å²) in [5, 5.41) is 8.58. The van der Waals surface area contributed by atoms with Crippen molar-refractivity contribution in [1.82, 2.24) is 5.01 Å². The molecule has 0 N–H and O–H groups in total. The summed E-state index contributed by atoms with van der Waals surface area (Å²) in [7, 11) is 0. The number of amides is 1. The molecule has 0 spiro atoms. The van der Waals surface area contributed by atoms with E-state index in [1.807, 2.05) is 22.5 Å². The third-order valence-electron chi connectivity index (χ3n) is 5.22. The Morgan fingerprint density at radius 3 is 2.59 bits per heavy atom. The fourth-order valence-electron chi connectivity index (χ4n) is 3.79. The molecular weight excluding hydrogens is 389 g/mol. The van der Waals surface area contributed by atoms with E-state index in [9.17, 15) is 14.0 Å². The predicted octanol–water partition coefficient (Wildman–Crippen LogP) is 4.23. The van der Waals surface area contributed by atoms with Crippen molar-refractivity contribution in [2.45, 2.75) is 12.5 Å². The number of nitrogens with zero attached hydrogens (tertiary/aromatic N) is 3. The number of halogens is 1. The number of para-hydroxylation sites is 1. The van der Waals surface area contributed by atoms with Gasteiger partial charge in [-0.05, 0) is 41.3 Å². The van der Waals surface area contributed by atoms with Gasteiger partial charge in [-0.1, -0.05) is 30.3 Å². The molecule has 3 aromatic rings. The predicted molar refractivity (Wildman–Crippen MR) is 110 cm³/mol. The van der Waals surface area contributed by atoms with Crippen LogP contribution in [0.5, 0.6) is 0 Å². The molecule has 7 heteroatoms. The molecule has 1 amide bonds. The maximum absolute atomic E-state index is 13.4. The monoisotopic (exact) mass is 405 g/mol. The highest BCUT2D eigenvalue weighted by molar-refractivity contribution is 7.12. The van der Waals surface area contributed by atoms with Crippen LogP contribution >= 0.6 is 11.3 Å². The molecule has 144 valence electrons. The Hall–Kier alpha value is -3.32. The highest BCUT2D eigenvalue weighted by atomic mass is 32.1. The third kappa shape index (κ3) is 3.03. The molecule has 5 nitrogen and oxygen atoms in total. The van der Waals surface area contributed by atoms with Gasteiger partial charge in [0.2, 0.25) is 0 Å². The van der Waals surface area contributed by atoms with Gasteiger partial charge >= 0.3 is 5.91 Å². The molecule has 0 saturated heterocycles. The Balaban J connectivity index is 1.50. The average Bonchev–Trinajstić information content (AvgIpc) is 3.45. The second-order valence-electron chi connectivity index (χ2n) is 6.96. The van der Waals surface area contributed by atoms with Gasteiger partial charge < -0.3 is 0 Å². The lowest BCUT2D eigenvalue weighted by atomic mass is 10.0. The smallest absolute Gasteiger partial charge is 0.285 e. The van der Waals surface area contributed by atoms with E-state index >= 15 is 0 Å². The highest BCUT2D eigenvalue weighted by Gasteiger charge is 2.39. The normalized spacial score (nSPS) is 18.4. The molecule has 0 bridgehead atoms. The van der Waals surface area contributed by atoms with Gasteiger partial charge in [0.1, 0.15) is 12.5 Å². The molecule has 0 unspecified atom stereocenters. The van der Waals surface area contributed by atoms with Crippen molar-refractivity contribution in [3.8, 4) is 0 Å². The number of hydrogen-bond acceptors (Lipinski definition) is 5. The molecule has 2 aromatic carbocycles. The summed E-state index contributed by atoms with van der Waals surface area (Å²) in [5.74, 6) is -1.35. The number of thiophene rings is 1. The average molecular weight is 405 g/mol. The minimum atomic E-state index is -0.552. The molecule has 2 aliphatic heterocycles. The summed E-state index contributed by atoms with van der Waals surface area (Å²) in [5.41, 5.74) is 2.84. The van der Waals surface area contributed by atoms with E-state index in [2.05, 4.69) is 0 Å². The Bertz CT molecular complexity index is 1130. The number of carbonyl (C=O) groups excluding carboxylic acids is 2. The number of anilines is 1. The molecule has 2 aliphatic rings. The topological polar surface area (TPSA) is 53.0 Å². The van der Waals surface area contributed by atoms with E-state index in [4.69, 9.17) is 5.10 Å². The minimum absolute atomic E-state index is 0.150. The number of ketones is 1. The van der Waals surface area contributed by atoms with Crippen molar-refractivity contribution >= 4 is 34.4 Å². The first-order valence-electron chi connectivity index (χ1n) is 9.20. The lowest BCUT2D eigenvalue weighted by Crippen LogP contribution is -2.39. The summed E-state index contributed by atoms with van der Waals surface area (Å²) < 4.78 is 13.4. The first-order valence-corrected chi connectivity index (χ1v) is 10.1. The van der Waals surface area contributed by atoms with E-state index in [1.54, 1.807) is 47.7 Å². The Labute approximate surface area is 170 Å². The van der Waals surface area contributed by atoms with E-state index in [1.165, 1.54) is 17.0 Å². The van der Waals surface area contributed by atoms with Crippen LogP contribution in [0.15, 0.2) is 71.1 Å². The van der Waals surface area contributed by atoms with Crippen LogP contribution < -0.4 is 4.90 Å². The van der Waals surface area contributed by atoms with E-state index in [0.717, 1.165) is 16.2 Å². The Morgan fingerprint density at radius 2 is 1.83 bits per heavy atom. The fraction of sp³-hybridized carbons (Fsp3) is 0.136. The van der Waals surface area contributed by atoms with Crippen molar-refractivity contribution in [1.29, 1.82) is 0 Å². The zero-order chi connectivity index (χ0) is 20.0. The SMILES string of the molecule is O=C1C(=O)N(CN2N=C(c3cccs3)C[C@H]2c2ccc(F)cc2)c2ccccc21. The molecule has 1 aromatic heterocycles. The zero-order valence-electron chi connectivity index (χ0n) is 15.3. The zero-order valence-corrected chi connectivity index (χ0v) is 16.1. The minimum Gasteiger partial charge on any atom is -0.285 e. The lowest BCUT2D eigenvalue weighted by molar-refractivity contribution is -0.114. The van der Waals surface area contributed by atoms with Crippen molar-refractivity contribution in [2.24, 2.45) is 5.10 Å². The Morgan fingerprint density at radius 1 is 1.03 bits per heavy atom. The van der Waals surface area contributed by atoms with Gasteiger partial charge in [0, 0.05) is 6.42 Å². The second-order valence-corrected chi connectivity index (χ2v) is 7.90. The highest BCUT2D eigenvalue weighted by Crippen LogP contribution is 2.36. The van der Waals surface area contributed by atoms with Crippen LogP contribution in [0.3, 0.4) is 0 Å².